The zero-order chi connectivity index (χ0) is 22.3. The van der Waals surface area contributed by atoms with Gasteiger partial charge in [0.1, 0.15) is 24.0 Å². The molecule has 0 saturated heterocycles. The number of hydrogen-bond donors (Lipinski definition) is 2. The minimum absolute atomic E-state index is 0.0557. The van der Waals surface area contributed by atoms with E-state index in [0.29, 0.717) is 17.5 Å². The van der Waals surface area contributed by atoms with Crippen molar-refractivity contribution >= 4 is 10.9 Å². The Kier molecular flexibility index (Phi) is 5.61. The van der Waals surface area contributed by atoms with Gasteiger partial charge >= 0.3 is 6.18 Å². The third-order valence-corrected chi connectivity index (χ3v) is 5.54. The van der Waals surface area contributed by atoms with E-state index in [2.05, 4.69) is 10.2 Å². The second-order valence-corrected chi connectivity index (χ2v) is 7.65. The predicted octanol–water partition coefficient (Wildman–Crippen LogP) is 4.08. The topological polar surface area (TPSA) is 67.2 Å². The maximum Gasteiger partial charge on any atom is 0.401 e. The molecule has 10 heteroatoms. The molecule has 0 aliphatic carbocycles. The van der Waals surface area contributed by atoms with Gasteiger partial charge in [0.05, 0.1) is 24.3 Å². The van der Waals surface area contributed by atoms with Gasteiger partial charge in [-0.3, -0.25) is 10.00 Å². The highest BCUT2D eigenvalue weighted by molar-refractivity contribution is 5.83. The molecule has 0 spiro atoms. The smallest absolute Gasteiger partial charge is 0.401 e. The van der Waals surface area contributed by atoms with E-state index >= 15 is 8.78 Å². The standard InChI is InChI=1S/C21H21F5N4O/c1-11-6-14-13(2-3-18-15(14)9-28-29-18)20(30(11)10-21(24,25)26)19-16(22)7-12(8-17(19)23)31-5-4-27/h2-3,7-9,11,20H,4-6,10,27H2,1H3,(H,28,29)/t11-,20+/m1/s1. The molecule has 31 heavy (non-hydrogen) atoms. The molecule has 1 aliphatic rings. The summed E-state index contributed by atoms with van der Waals surface area (Å²) >= 11 is 0. The molecule has 0 unspecified atom stereocenters. The SMILES string of the molecule is C[C@@H]1Cc2c(ccc3[nH]ncc23)[C@@H](c2c(F)cc(OCCN)cc2F)N1CC(F)(F)F. The van der Waals surface area contributed by atoms with Crippen molar-refractivity contribution in [3.05, 3.63) is 58.8 Å². The summed E-state index contributed by atoms with van der Waals surface area (Å²) in [4.78, 5) is 1.09. The first-order valence-electron chi connectivity index (χ1n) is 9.78. The largest absolute Gasteiger partial charge is 0.492 e. The summed E-state index contributed by atoms with van der Waals surface area (Å²) in [6.45, 7) is 0.528. The van der Waals surface area contributed by atoms with Crippen LogP contribution in [0.3, 0.4) is 0 Å². The first kappa shape index (κ1) is 21.5. The van der Waals surface area contributed by atoms with Crippen molar-refractivity contribution in [1.29, 1.82) is 0 Å². The summed E-state index contributed by atoms with van der Waals surface area (Å²) in [6.07, 6.45) is -2.67. The first-order chi connectivity index (χ1) is 14.7. The average molecular weight is 440 g/mol. The normalized spacial score (nSPS) is 19.6. The third kappa shape index (κ3) is 4.09. The van der Waals surface area contributed by atoms with Crippen molar-refractivity contribution in [2.45, 2.75) is 31.6 Å². The molecule has 0 saturated carbocycles. The van der Waals surface area contributed by atoms with E-state index in [4.69, 9.17) is 10.5 Å². The number of aromatic nitrogens is 2. The Labute approximate surface area is 175 Å². The number of ether oxygens (including phenoxy) is 1. The first-order valence-corrected chi connectivity index (χ1v) is 9.78. The van der Waals surface area contributed by atoms with Gasteiger partial charge in [0.25, 0.3) is 0 Å². The lowest BCUT2D eigenvalue weighted by molar-refractivity contribution is -0.155. The van der Waals surface area contributed by atoms with Crippen LogP contribution in [0.4, 0.5) is 22.0 Å². The minimum Gasteiger partial charge on any atom is -0.492 e. The second kappa shape index (κ2) is 8.08. The monoisotopic (exact) mass is 440 g/mol. The van der Waals surface area contributed by atoms with Crippen LogP contribution >= 0.6 is 0 Å². The zero-order valence-electron chi connectivity index (χ0n) is 16.6. The van der Waals surface area contributed by atoms with Crippen molar-refractivity contribution in [2.24, 2.45) is 5.73 Å². The molecule has 2 aromatic carbocycles. The van der Waals surface area contributed by atoms with Crippen molar-refractivity contribution in [3.63, 3.8) is 0 Å². The van der Waals surface area contributed by atoms with E-state index < -0.39 is 42.0 Å². The van der Waals surface area contributed by atoms with E-state index in [0.717, 1.165) is 28.0 Å². The van der Waals surface area contributed by atoms with Gasteiger partial charge in [-0.25, -0.2) is 8.78 Å². The fourth-order valence-corrected chi connectivity index (χ4v) is 4.28. The van der Waals surface area contributed by atoms with Crippen LogP contribution in [0.25, 0.3) is 10.9 Å². The number of aromatic amines is 1. The molecule has 1 aliphatic heterocycles. The van der Waals surface area contributed by atoms with Gasteiger partial charge in [0, 0.05) is 35.7 Å². The van der Waals surface area contributed by atoms with Crippen molar-refractivity contribution < 1.29 is 26.7 Å². The number of nitrogens with one attached hydrogen (secondary N) is 1. The quantitative estimate of drug-likeness (QED) is 0.587. The van der Waals surface area contributed by atoms with Crippen LogP contribution in [-0.4, -0.2) is 47.0 Å². The number of benzene rings is 2. The molecule has 0 bridgehead atoms. The van der Waals surface area contributed by atoms with Crippen molar-refractivity contribution in [3.8, 4) is 5.75 Å². The Morgan fingerprint density at radius 3 is 2.58 bits per heavy atom. The lowest BCUT2D eigenvalue weighted by Gasteiger charge is -2.42. The number of alkyl halides is 3. The van der Waals surface area contributed by atoms with Crippen LogP contribution in [0.2, 0.25) is 0 Å². The van der Waals surface area contributed by atoms with Gasteiger partial charge in [0.2, 0.25) is 0 Å². The molecule has 1 aromatic heterocycles. The van der Waals surface area contributed by atoms with Crippen LogP contribution in [0, 0.1) is 11.6 Å². The number of rotatable bonds is 5. The number of halogens is 5. The van der Waals surface area contributed by atoms with Gasteiger partial charge in [0.15, 0.2) is 0 Å². The Balaban J connectivity index is 1.89. The molecular weight excluding hydrogens is 419 g/mol. The summed E-state index contributed by atoms with van der Waals surface area (Å²) < 4.78 is 75.7. The van der Waals surface area contributed by atoms with Crippen LogP contribution in [0.15, 0.2) is 30.5 Å². The molecular formula is C21H21F5N4O. The molecule has 3 N–H and O–H groups in total. The van der Waals surface area contributed by atoms with E-state index in [1.165, 1.54) is 0 Å². The molecule has 0 fully saturated rings. The summed E-state index contributed by atoms with van der Waals surface area (Å²) in [5.41, 5.74) is 6.76. The highest BCUT2D eigenvalue weighted by Gasteiger charge is 2.43. The van der Waals surface area contributed by atoms with Crippen LogP contribution in [0.5, 0.6) is 5.75 Å². The summed E-state index contributed by atoms with van der Waals surface area (Å²) in [5, 5.41) is 7.54. The predicted molar refractivity (Wildman–Crippen MR) is 105 cm³/mol. The summed E-state index contributed by atoms with van der Waals surface area (Å²) in [6, 6.07) is 3.34. The minimum atomic E-state index is -4.54. The molecule has 2 heterocycles. The Morgan fingerprint density at radius 2 is 1.94 bits per heavy atom. The van der Waals surface area contributed by atoms with Gasteiger partial charge in [-0.1, -0.05) is 6.07 Å². The highest BCUT2D eigenvalue weighted by atomic mass is 19.4. The van der Waals surface area contributed by atoms with Gasteiger partial charge in [-0.2, -0.15) is 18.3 Å². The number of hydrogen-bond acceptors (Lipinski definition) is 4. The third-order valence-electron chi connectivity index (χ3n) is 5.54. The molecule has 0 amide bonds. The van der Waals surface area contributed by atoms with E-state index in [1.54, 1.807) is 25.3 Å². The number of nitrogens with zero attached hydrogens (tertiary/aromatic N) is 2. The van der Waals surface area contributed by atoms with Gasteiger partial charge in [-0.05, 0) is 30.5 Å². The Hall–Kier alpha value is -2.72. The molecule has 0 radical (unpaired) electrons. The van der Waals surface area contributed by atoms with Crippen LogP contribution in [0.1, 0.15) is 29.7 Å². The Morgan fingerprint density at radius 1 is 1.23 bits per heavy atom. The number of nitrogens with two attached hydrogens (primary N) is 1. The van der Waals surface area contributed by atoms with Crippen LogP contribution in [-0.2, 0) is 6.42 Å². The molecule has 2 atom stereocenters. The highest BCUT2D eigenvalue weighted by Crippen LogP contribution is 2.43. The lowest BCUT2D eigenvalue weighted by atomic mass is 9.83. The maximum atomic E-state index is 15.1. The molecule has 4 rings (SSSR count). The van der Waals surface area contributed by atoms with Crippen molar-refractivity contribution in [1.82, 2.24) is 15.1 Å². The average Bonchev–Trinajstić information content (AvgIpc) is 3.16. The van der Waals surface area contributed by atoms with E-state index in [-0.39, 0.29) is 18.9 Å². The number of fused-ring (bicyclic) bond motifs is 3. The fourth-order valence-electron chi connectivity index (χ4n) is 4.28. The van der Waals surface area contributed by atoms with E-state index in [9.17, 15) is 13.2 Å². The van der Waals surface area contributed by atoms with E-state index in [1.807, 2.05) is 0 Å². The van der Waals surface area contributed by atoms with Gasteiger partial charge < -0.3 is 10.5 Å². The van der Waals surface area contributed by atoms with Crippen LogP contribution < -0.4 is 10.5 Å². The Bertz CT molecular complexity index is 1070. The second-order valence-electron chi connectivity index (χ2n) is 7.65. The summed E-state index contributed by atoms with van der Waals surface area (Å²) in [5.74, 6) is -2.02. The number of H-pyrrole nitrogens is 1. The lowest BCUT2D eigenvalue weighted by Crippen LogP contribution is -2.47. The summed E-state index contributed by atoms with van der Waals surface area (Å²) in [7, 11) is 0. The molecule has 3 aromatic rings. The molecule has 166 valence electrons. The van der Waals surface area contributed by atoms with Crippen molar-refractivity contribution in [2.75, 3.05) is 19.7 Å². The maximum absolute atomic E-state index is 15.1. The molecule has 5 nitrogen and oxygen atoms in total. The van der Waals surface area contributed by atoms with Gasteiger partial charge in [-0.15, -0.1) is 0 Å². The zero-order valence-corrected chi connectivity index (χ0v) is 16.6. The fraction of sp³-hybridized carbons (Fsp3) is 0.381.